The molecule has 1 aliphatic rings. The second kappa shape index (κ2) is 2.46. The Hall–Kier alpha value is -0.170. The maximum Gasteiger partial charge on any atom is 0.279 e. The Morgan fingerprint density at radius 3 is 2.40 bits per heavy atom. The summed E-state index contributed by atoms with van der Waals surface area (Å²) in [5.41, 5.74) is 0. The normalized spacial score (nSPS) is 28.0. The molecule has 5 nitrogen and oxygen atoms in total. The van der Waals surface area contributed by atoms with Crippen LogP contribution in [0.3, 0.4) is 0 Å². The van der Waals surface area contributed by atoms with Crippen LogP contribution in [0.5, 0.6) is 0 Å². The van der Waals surface area contributed by atoms with Gasteiger partial charge >= 0.3 is 0 Å². The summed E-state index contributed by atoms with van der Waals surface area (Å²) >= 11 is 0. The van der Waals surface area contributed by atoms with Crippen LogP contribution in [0.15, 0.2) is 0 Å². The van der Waals surface area contributed by atoms with E-state index in [2.05, 4.69) is 0 Å². The van der Waals surface area contributed by atoms with Gasteiger partial charge in [-0.05, 0) is 0 Å². The van der Waals surface area contributed by atoms with Crippen molar-refractivity contribution in [3.05, 3.63) is 0 Å². The average molecular weight is 166 g/mol. The fraction of sp³-hybridized carbons (Fsp3) is 1.00. The lowest BCUT2D eigenvalue weighted by Crippen LogP contribution is -2.54. The monoisotopic (exact) mass is 166 g/mol. The molecule has 0 amide bonds. The first-order valence-corrected chi connectivity index (χ1v) is 4.38. The molecular formula is C4H10N2O3S. The lowest BCUT2D eigenvalue weighted by molar-refractivity contribution is -0.0483. The zero-order valence-electron chi connectivity index (χ0n) is 5.65. The number of rotatable bonds is 2. The van der Waals surface area contributed by atoms with Crippen molar-refractivity contribution < 1.29 is 13.2 Å². The highest BCUT2D eigenvalue weighted by Gasteiger charge is 2.35. The van der Waals surface area contributed by atoms with Crippen LogP contribution in [-0.2, 0) is 14.9 Å². The average Bonchev–Trinajstić information content (AvgIpc) is 1.57. The first-order chi connectivity index (χ1) is 4.55. The van der Waals surface area contributed by atoms with Gasteiger partial charge in [-0.15, -0.1) is 0 Å². The van der Waals surface area contributed by atoms with Gasteiger partial charge in [-0.3, -0.25) is 0 Å². The highest BCUT2D eigenvalue weighted by molar-refractivity contribution is 7.86. The van der Waals surface area contributed by atoms with Gasteiger partial charge in [0.15, 0.2) is 0 Å². The molecule has 0 spiro atoms. The van der Waals surface area contributed by atoms with Crippen LogP contribution in [0.25, 0.3) is 0 Å². The van der Waals surface area contributed by atoms with Gasteiger partial charge in [0.1, 0.15) is 6.23 Å². The highest BCUT2D eigenvalue weighted by Crippen LogP contribution is 2.19. The van der Waals surface area contributed by atoms with Crippen molar-refractivity contribution >= 4 is 10.2 Å². The summed E-state index contributed by atoms with van der Waals surface area (Å²) in [5, 5.41) is 4.82. The third-order valence-corrected chi connectivity index (χ3v) is 2.59. The van der Waals surface area contributed by atoms with Crippen molar-refractivity contribution in [1.29, 1.82) is 0 Å². The first-order valence-electron chi connectivity index (χ1n) is 2.88. The zero-order valence-corrected chi connectivity index (χ0v) is 6.47. The predicted molar refractivity (Wildman–Crippen MR) is 35.2 cm³/mol. The van der Waals surface area contributed by atoms with Gasteiger partial charge in [0.05, 0.1) is 0 Å². The molecule has 6 heteroatoms. The lowest BCUT2D eigenvalue weighted by atomic mass is 10.2. The van der Waals surface area contributed by atoms with Gasteiger partial charge in [-0.25, -0.2) is 5.14 Å². The molecule has 1 heterocycles. The predicted octanol–water partition coefficient (Wildman–Crippen LogP) is -1.13. The number of nitrogens with two attached hydrogens (primary N) is 1. The summed E-state index contributed by atoms with van der Waals surface area (Å²) in [5.74, 6) is 0. The smallest absolute Gasteiger partial charge is 0.279 e. The van der Waals surface area contributed by atoms with E-state index in [1.807, 2.05) is 0 Å². The molecule has 0 aromatic heterocycles. The summed E-state index contributed by atoms with van der Waals surface area (Å²) in [6.45, 7) is 0.470. The summed E-state index contributed by atoms with van der Waals surface area (Å²) in [4.78, 5) is 0. The van der Waals surface area contributed by atoms with Crippen LogP contribution in [0, 0.1) is 0 Å². The van der Waals surface area contributed by atoms with Crippen molar-refractivity contribution in [3.63, 3.8) is 0 Å². The lowest BCUT2D eigenvalue weighted by Gasteiger charge is -2.36. The van der Waals surface area contributed by atoms with Gasteiger partial charge in [0.25, 0.3) is 10.2 Å². The Labute approximate surface area is 59.9 Å². The second-order valence-corrected chi connectivity index (χ2v) is 3.63. The van der Waals surface area contributed by atoms with Crippen molar-refractivity contribution in [1.82, 2.24) is 4.31 Å². The Bertz CT molecular complexity index is 211. The molecule has 1 rings (SSSR count). The second-order valence-electron chi connectivity index (χ2n) is 2.13. The Kier molecular flexibility index (Phi) is 1.95. The molecule has 1 fully saturated rings. The third-order valence-electron chi connectivity index (χ3n) is 1.52. The molecule has 2 N–H and O–H groups in total. The summed E-state index contributed by atoms with van der Waals surface area (Å²) in [6.07, 6.45) is 0.391. The first kappa shape index (κ1) is 7.93. The van der Waals surface area contributed by atoms with Crippen LogP contribution in [-0.4, -0.2) is 32.6 Å². The molecule has 1 saturated heterocycles. The Morgan fingerprint density at radius 1 is 1.70 bits per heavy atom. The summed E-state index contributed by atoms with van der Waals surface area (Å²) < 4.78 is 27.1. The maximum absolute atomic E-state index is 10.6. The number of hydrogen-bond donors (Lipinski definition) is 1. The minimum absolute atomic E-state index is 0.338. The van der Waals surface area contributed by atoms with Crippen LogP contribution in [0.2, 0.25) is 0 Å². The third kappa shape index (κ3) is 1.29. The van der Waals surface area contributed by atoms with Gasteiger partial charge in [-0.2, -0.15) is 12.7 Å². The molecule has 0 aliphatic carbocycles. The van der Waals surface area contributed by atoms with Gasteiger partial charge < -0.3 is 4.74 Å². The molecular weight excluding hydrogens is 156 g/mol. The zero-order chi connectivity index (χ0) is 7.78. The fourth-order valence-corrected chi connectivity index (χ4v) is 1.75. The fourth-order valence-electron chi connectivity index (χ4n) is 0.866. The van der Waals surface area contributed by atoms with Gasteiger partial charge in [0.2, 0.25) is 0 Å². The maximum atomic E-state index is 10.6. The van der Waals surface area contributed by atoms with E-state index in [9.17, 15) is 8.42 Å². The Balaban J connectivity index is 2.60. The topological polar surface area (TPSA) is 72.6 Å². The van der Waals surface area contributed by atoms with Crippen LogP contribution in [0.4, 0.5) is 0 Å². The largest absolute Gasteiger partial charge is 0.365 e. The quantitative estimate of drug-likeness (QED) is 0.564. The minimum Gasteiger partial charge on any atom is -0.365 e. The van der Waals surface area contributed by atoms with E-state index in [0.29, 0.717) is 6.54 Å². The molecule has 0 saturated carbocycles. The summed E-state index contributed by atoms with van der Waals surface area (Å²) in [6, 6.07) is 0. The number of nitrogens with zero attached hydrogens (tertiary/aromatic N) is 1. The molecule has 1 aliphatic heterocycles. The van der Waals surface area contributed by atoms with Crippen LogP contribution >= 0.6 is 0 Å². The molecule has 1 unspecified atom stereocenters. The molecule has 1 atom stereocenters. The van der Waals surface area contributed by atoms with Crippen molar-refractivity contribution in [2.24, 2.45) is 5.14 Å². The van der Waals surface area contributed by atoms with Crippen molar-refractivity contribution in [3.8, 4) is 0 Å². The van der Waals surface area contributed by atoms with Gasteiger partial charge in [-0.1, -0.05) is 0 Å². The molecule has 0 aromatic rings. The molecule has 0 bridgehead atoms. The van der Waals surface area contributed by atoms with Crippen molar-refractivity contribution in [2.45, 2.75) is 12.6 Å². The van der Waals surface area contributed by atoms with E-state index in [4.69, 9.17) is 9.88 Å². The van der Waals surface area contributed by atoms with Crippen LogP contribution < -0.4 is 5.14 Å². The highest BCUT2D eigenvalue weighted by atomic mass is 32.2. The van der Waals surface area contributed by atoms with E-state index in [0.717, 1.165) is 10.7 Å². The summed E-state index contributed by atoms with van der Waals surface area (Å²) in [7, 11) is -2.06. The van der Waals surface area contributed by atoms with E-state index in [-0.39, 0.29) is 6.23 Å². The van der Waals surface area contributed by atoms with E-state index >= 15 is 0 Å². The van der Waals surface area contributed by atoms with Gasteiger partial charge in [0, 0.05) is 20.1 Å². The van der Waals surface area contributed by atoms with Crippen molar-refractivity contribution in [2.75, 3.05) is 13.7 Å². The van der Waals surface area contributed by atoms with E-state index in [1.165, 1.54) is 7.11 Å². The SMILES string of the molecule is COC1CCN1S(N)(=O)=O. The molecule has 10 heavy (non-hydrogen) atoms. The molecule has 0 aromatic carbocycles. The van der Waals surface area contributed by atoms with Crippen LogP contribution in [0.1, 0.15) is 6.42 Å². The molecule has 0 radical (unpaired) electrons. The number of hydrogen-bond acceptors (Lipinski definition) is 3. The minimum atomic E-state index is -3.52. The Morgan fingerprint density at radius 2 is 2.30 bits per heavy atom. The number of ether oxygens (including phenoxy) is 1. The number of methoxy groups -OCH3 is 1. The molecule has 60 valence electrons. The standard InChI is InChI=1S/C4H10N2O3S/c1-9-4-2-3-6(4)10(5,7)8/h4H,2-3H2,1H3,(H2,5,7,8). The van der Waals surface area contributed by atoms with E-state index < -0.39 is 10.2 Å². The van der Waals surface area contributed by atoms with E-state index in [1.54, 1.807) is 0 Å².